The Hall–Kier alpha value is -1.48. The van der Waals surface area contributed by atoms with Crippen LogP contribution in [0.5, 0.6) is 0 Å². The molecule has 0 spiro atoms. The largest absolute Gasteiger partial charge is 0.480 e. The normalized spacial score (nSPS) is 13.6. The number of carboxylic acids is 1. The predicted octanol–water partition coefficient (Wildman–Crippen LogP) is -1.29. The Balaban J connectivity index is 2.69. The Labute approximate surface area is 92.3 Å². The second-order valence-corrected chi connectivity index (χ2v) is 5.29. The lowest BCUT2D eigenvalue weighted by atomic mass is 10.5. The first-order valence-electron chi connectivity index (χ1n) is 4.38. The van der Waals surface area contributed by atoms with E-state index in [1.807, 2.05) is 0 Å². The van der Waals surface area contributed by atoms with E-state index >= 15 is 0 Å². The Kier molecular flexibility index (Phi) is 3.60. The lowest BCUT2D eigenvalue weighted by Gasteiger charge is -2.09. The first kappa shape index (κ1) is 12.6. The molecule has 2 N–H and O–H groups in total. The predicted molar refractivity (Wildman–Crippen MR) is 53.9 cm³/mol. The van der Waals surface area contributed by atoms with Crippen molar-refractivity contribution in [3.05, 3.63) is 12.2 Å². The summed E-state index contributed by atoms with van der Waals surface area (Å²) >= 11 is 0. The molecule has 0 saturated carbocycles. The smallest absolute Gasteiger partial charge is 0.323 e. The summed E-state index contributed by atoms with van der Waals surface area (Å²) in [4.78, 5) is 10.5. The van der Waals surface area contributed by atoms with E-state index in [1.54, 1.807) is 7.05 Å². The van der Waals surface area contributed by atoms with Crippen molar-refractivity contribution in [2.45, 2.75) is 18.7 Å². The molecule has 0 saturated heterocycles. The van der Waals surface area contributed by atoms with Gasteiger partial charge < -0.3 is 9.67 Å². The van der Waals surface area contributed by atoms with Gasteiger partial charge in [0.15, 0.2) is 5.25 Å². The second kappa shape index (κ2) is 4.58. The molecule has 1 heterocycles. The van der Waals surface area contributed by atoms with Gasteiger partial charge >= 0.3 is 5.97 Å². The quantitative estimate of drug-likeness (QED) is 0.670. The molecule has 0 aromatic carbocycles. The molecule has 8 nitrogen and oxygen atoms in total. The van der Waals surface area contributed by atoms with E-state index in [0.717, 1.165) is 6.92 Å². The van der Waals surface area contributed by atoms with E-state index in [9.17, 15) is 13.2 Å². The molecule has 0 radical (unpaired) electrons. The summed E-state index contributed by atoms with van der Waals surface area (Å²) in [5.74, 6) is -0.994. The van der Waals surface area contributed by atoms with Gasteiger partial charge in [-0.2, -0.15) is 0 Å². The molecular formula is C7H12N4O4S. The monoisotopic (exact) mass is 248 g/mol. The first-order valence-corrected chi connectivity index (χ1v) is 5.93. The zero-order valence-electron chi connectivity index (χ0n) is 8.78. The van der Waals surface area contributed by atoms with E-state index in [-0.39, 0.29) is 6.54 Å². The molecule has 90 valence electrons. The Morgan fingerprint density at radius 1 is 1.69 bits per heavy atom. The van der Waals surface area contributed by atoms with E-state index in [0.29, 0.717) is 5.82 Å². The van der Waals surface area contributed by atoms with Crippen molar-refractivity contribution in [2.24, 2.45) is 7.05 Å². The third-order valence-electron chi connectivity index (χ3n) is 2.05. The summed E-state index contributed by atoms with van der Waals surface area (Å²) in [5.41, 5.74) is 0. The fourth-order valence-electron chi connectivity index (χ4n) is 0.890. The third-order valence-corrected chi connectivity index (χ3v) is 3.73. The summed E-state index contributed by atoms with van der Waals surface area (Å²) in [6.07, 6.45) is 1.42. The van der Waals surface area contributed by atoms with Gasteiger partial charge in [0, 0.05) is 7.05 Å². The number of aliphatic carboxylic acids is 1. The highest BCUT2D eigenvalue weighted by atomic mass is 32.2. The number of aromatic nitrogens is 3. The maximum atomic E-state index is 11.4. The number of carbonyl (C=O) groups is 1. The number of sulfonamides is 1. The van der Waals surface area contributed by atoms with Crippen LogP contribution in [0.25, 0.3) is 0 Å². The van der Waals surface area contributed by atoms with Gasteiger partial charge in [-0.05, 0) is 6.92 Å². The number of hydrogen-bond donors (Lipinski definition) is 2. The maximum absolute atomic E-state index is 11.4. The van der Waals surface area contributed by atoms with Crippen LogP contribution in [0, 0.1) is 0 Å². The van der Waals surface area contributed by atoms with E-state index in [1.165, 1.54) is 10.9 Å². The van der Waals surface area contributed by atoms with Gasteiger partial charge in [0.1, 0.15) is 12.2 Å². The molecule has 0 aliphatic carbocycles. The molecule has 1 aromatic rings. The van der Waals surface area contributed by atoms with Gasteiger partial charge in [0.2, 0.25) is 10.0 Å². The van der Waals surface area contributed by atoms with Crippen molar-refractivity contribution < 1.29 is 18.3 Å². The minimum Gasteiger partial charge on any atom is -0.480 e. The first-order chi connectivity index (χ1) is 7.34. The summed E-state index contributed by atoms with van der Waals surface area (Å²) in [7, 11) is -2.23. The van der Waals surface area contributed by atoms with Crippen LogP contribution in [-0.4, -0.2) is 39.5 Å². The van der Waals surface area contributed by atoms with E-state index < -0.39 is 21.2 Å². The van der Waals surface area contributed by atoms with Crippen LogP contribution in [0.4, 0.5) is 0 Å². The highest BCUT2D eigenvalue weighted by Crippen LogP contribution is 2.00. The zero-order valence-corrected chi connectivity index (χ0v) is 9.60. The Morgan fingerprint density at radius 2 is 2.31 bits per heavy atom. The third kappa shape index (κ3) is 2.76. The SMILES string of the molecule is CC(C(=O)O)S(=O)(=O)NCc1nncn1C. The van der Waals surface area contributed by atoms with Crippen molar-refractivity contribution >= 4 is 16.0 Å². The number of nitrogens with zero attached hydrogens (tertiary/aromatic N) is 3. The van der Waals surface area contributed by atoms with Crippen LogP contribution >= 0.6 is 0 Å². The maximum Gasteiger partial charge on any atom is 0.323 e. The van der Waals surface area contributed by atoms with Gasteiger partial charge in [0.25, 0.3) is 0 Å². The molecule has 1 aromatic heterocycles. The van der Waals surface area contributed by atoms with Crippen molar-refractivity contribution in [3.63, 3.8) is 0 Å². The number of hydrogen-bond acceptors (Lipinski definition) is 5. The number of aryl methyl sites for hydroxylation is 1. The van der Waals surface area contributed by atoms with Crippen LogP contribution in [-0.2, 0) is 28.4 Å². The van der Waals surface area contributed by atoms with Gasteiger partial charge in [-0.3, -0.25) is 4.79 Å². The van der Waals surface area contributed by atoms with Crippen LogP contribution in [0.2, 0.25) is 0 Å². The van der Waals surface area contributed by atoms with Crippen molar-refractivity contribution in [1.29, 1.82) is 0 Å². The average molecular weight is 248 g/mol. The molecular weight excluding hydrogens is 236 g/mol. The minimum absolute atomic E-state index is 0.0869. The highest BCUT2D eigenvalue weighted by molar-refractivity contribution is 7.90. The van der Waals surface area contributed by atoms with Gasteiger partial charge in [-0.1, -0.05) is 0 Å². The van der Waals surface area contributed by atoms with Gasteiger partial charge in [-0.15, -0.1) is 10.2 Å². The topological polar surface area (TPSA) is 114 Å². The Bertz CT molecular complexity index is 480. The summed E-state index contributed by atoms with van der Waals surface area (Å²) < 4.78 is 26.5. The second-order valence-electron chi connectivity index (χ2n) is 3.20. The fraction of sp³-hybridized carbons (Fsp3) is 0.571. The molecule has 9 heteroatoms. The van der Waals surface area contributed by atoms with Crippen LogP contribution in [0.15, 0.2) is 6.33 Å². The molecule has 1 unspecified atom stereocenters. The number of carboxylic acid groups (broad SMARTS) is 1. The summed E-state index contributed by atoms with van der Waals surface area (Å²) in [6, 6.07) is 0. The van der Waals surface area contributed by atoms with E-state index in [2.05, 4.69) is 14.9 Å². The van der Waals surface area contributed by atoms with Crippen molar-refractivity contribution in [3.8, 4) is 0 Å². The fourth-order valence-corrected chi connectivity index (χ4v) is 1.74. The molecule has 0 fully saturated rings. The molecule has 1 atom stereocenters. The summed E-state index contributed by atoms with van der Waals surface area (Å²) in [6.45, 7) is 1.01. The average Bonchev–Trinajstić information content (AvgIpc) is 2.60. The highest BCUT2D eigenvalue weighted by Gasteiger charge is 2.27. The lowest BCUT2D eigenvalue weighted by molar-refractivity contribution is -0.136. The van der Waals surface area contributed by atoms with Crippen LogP contribution in [0.1, 0.15) is 12.7 Å². The van der Waals surface area contributed by atoms with Gasteiger partial charge in [0.05, 0.1) is 6.54 Å². The molecule has 0 aliphatic rings. The lowest BCUT2D eigenvalue weighted by Crippen LogP contribution is -2.37. The molecule has 1 rings (SSSR count). The van der Waals surface area contributed by atoms with Gasteiger partial charge in [-0.25, -0.2) is 13.1 Å². The molecule has 0 bridgehead atoms. The van der Waals surface area contributed by atoms with Crippen LogP contribution < -0.4 is 4.72 Å². The van der Waals surface area contributed by atoms with Crippen molar-refractivity contribution in [2.75, 3.05) is 0 Å². The standard InChI is InChI=1S/C7H12N4O4S/c1-5(7(12)13)16(14,15)9-3-6-10-8-4-11(6)2/h4-5,9H,3H2,1-2H3,(H,12,13). The minimum atomic E-state index is -3.88. The molecule has 0 amide bonds. The van der Waals surface area contributed by atoms with E-state index in [4.69, 9.17) is 5.11 Å². The van der Waals surface area contributed by atoms with Crippen molar-refractivity contribution in [1.82, 2.24) is 19.5 Å². The summed E-state index contributed by atoms with van der Waals surface area (Å²) in [5, 5.41) is 14.3. The number of rotatable bonds is 5. The number of nitrogens with one attached hydrogen (secondary N) is 1. The Morgan fingerprint density at radius 3 is 2.75 bits per heavy atom. The molecule has 0 aliphatic heterocycles. The van der Waals surface area contributed by atoms with Crippen LogP contribution in [0.3, 0.4) is 0 Å². The molecule has 16 heavy (non-hydrogen) atoms. The zero-order chi connectivity index (χ0) is 12.3.